The Bertz CT molecular complexity index is 600. The third-order valence-electron chi connectivity index (χ3n) is 3.61. The Balaban J connectivity index is 2.15. The Kier molecular flexibility index (Phi) is 5.39. The molecule has 1 fully saturated rings. The van der Waals surface area contributed by atoms with Crippen molar-refractivity contribution in [1.82, 2.24) is 4.72 Å². The zero-order chi connectivity index (χ0) is 15.5. The lowest BCUT2D eigenvalue weighted by atomic mass is 10.0. The van der Waals surface area contributed by atoms with Gasteiger partial charge in [-0.3, -0.25) is 0 Å². The topological polar surface area (TPSA) is 90.7 Å². The fourth-order valence-corrected chi connectivity index (χ4v) is 4.39. The van der Waals surface area contributed by atoms with Gasteiger partial charge in [0.25, 0.3) is 0 Å². The fraction of sp³-hybridized carbons (Fsp3) is 0.538. The van der Waals surface area contributed by atoms with E-state index in [4.69, 9.17) is 15.2 Å². The van der Waals surface area contributed by atoms with Crippen LogP contribution >= 0.6 is 15.9 Å². The summed E-state index contributed by atoms with van der Waals surface area (Å²) in [5, 5.41) is 0. The van der Waals surface area contributed by atoms with E-state index in [2.05, 4.69) is 20.7 Å². The Morgan fingerprint density at radius 3 is 2.81 bits per heavy atom. The van der Waals surface area contributed by atoms with Crippen LogP contribution in [0.4, 0.5) is 0 Å². The van der Waals surface area contributed by atoms with Crippen molar-refractivity contribution in [2.45, 2.75) is 23.5 Å². The van der Waals surface area contributed by atoms with Gasteiger partial charge in [0.15, 0.2) is 0 Å². The molecule has 1 heterocycles. The van der Waals surface area contributed by atoms with Crippen LogP contribution in [0.25, 0.3) is 0 Å². The molecule has 0 amide bonds. The maximum absolute atomic E-state index is 12.4. The van der Waals surface area contributed by atoms with Crippen molar-refractivity contribution in [3.05, 3.63) is 28.2 Å². The first-order valence-corrected chi connectivity index (χ1v) is 8.81. The lowest BCUT2D eigenvalue weighted by Gasteiger charge is -2.25. The van der Waals surface area contributed by atoms with Gasteiger partial charge >= 0.3 is 0 Å². The molecule has 3 N–H and O–H groups in total. The number of benzene rings is 1. The van der Waals surface area contributed by atoms with Crippen LogP contribution in [-0.2, 0) is 26.0 Å². The van der Waals surface area contributed by atoms with Gasteiger partial charge in [-0.25, -0.2) is 13.1 Å². The molecule has 6 nitrogen and oxygen atoms in total. The average molecular weight is 379 g/mol. The van der Waals surface area contributed by atoms with Gasteiger partial charge in [-0.2, -0.15) is 0 Å². The van der Waals surface area contributed by atoms with Crippen LogP contribution < -0.4 is 10.5 Å². The molecule has 21 heavy (non-hydrogen) atoms. The molecule has 8 heteroatoms. The number of sulfonamides is 1. The van der Waals surface area contributed by atoms with Gasteiger partial charge in [0.05, 0.1) is 11.5 Å². The predicted molar refractivity (Wildman–Crippen MR) is 82.4 cm³/mol. The molecule has 0 aliphatic carbocycles. The minimum Gasteiger partial charge on any atom is -0.378 e. The Hall–Kier alpha value is -0.510. The highest BCUT2D eigenvalue weighted by molar-refractivity contribution is 9.10. The van der Waals surface area contributed by atoms with Crippen molar-refractivity contribution >= 4 is 26.0 Å². The van der Waals surface area contributed by atoms with Crippen LogP contribution in [0.2, 0.25) is 0 Å². The van der Waals surface area contributed by atoms with Crippen molar-refractivity contribution in [3.63, 3.8) is 0 Å². The predicted octanol–water partition coefficient (Wildman–Crippen LogP) is 0.992. The third-order valence-corrected chi connectivity index (χ3v) is 5.98. The smallest absolute Gasteiger partial charge is 0.241 e. The highest BCUT2D eigenvalue weighted by atomic mass is 79.9. The summed E-state index contributed by atoms with van der Waals surface area (Å²) >= 11 is 3.28. The van der Waals surface area contributed by atoms with Gasteiger partial charge < -0.3 is 15.2 Å². The minimum atomic E-state index is -3.62. The number of hydrogen-bond acceptors (Lipinski definition) is 5. The second kappa shape index (κ2) is 6.72. The summed E-state index contributed by atoms with van der Waals surface area (Å²) in [4.78, 5) is 0.185. The van der Waals surface area contributed by atoms with Gasteiger partial charge in [0.2, 0.25) is 10.0 Å². The molecule has 0 spiro atoms. The highest BCUT2D eigenvalue weighted by Gasteiger charge is 2.36. The first-order valence-electron chi connectivity index (χ1n) is 6.53. The van der Waals surface area contributed by atoms with E-state index >= 15 is 0 Å². The van der Waals surface area contributed by atoms with E-state index < -0.39 is 15.6 Å². The molecule has 1 atom stereocenters. The normalized spacial score (nSPS) is 22.6. The molecule has 0 bridgehead atoms. The van der Waals surface area contributed by atoms with Crippen molar-refractivity contribution in [2.75, 3.05) is 26.9 Å². The van der Waals surface area contributed by atoms with E-state index in [-0.39, 0.29) is 11.4 Å². The number of methoxy groups -OCH3 is 1. The Morgan fingerprint density at radius 2 is 2.29 bits per heavy atom. The minimum absolute atomic E-state index is 0.177. The van der Waals surface area contributed by atoms with Gasteiger partial charge in [-0.15, -0.1) is 0 Å². The summed E-state index contributed by atoms with van der Waals surface area (Å²) < 4.78 is 38.6. The van der Waals surface area contributed by atoms with Gasteiger partial charge in [-0.1, -0.05) is 6.07 Å². The molecule has 0 saturated carbocycles. The highest BCUT2D eigenvalue weighted by Crippen LogP contribution is 2.25. The van der Waals surface area contributed by atoms with E-state index in [0.717, 1.165) is 5.56 Å². The Labute approximate surface area is 133 Å². The molecule has 0 radical (unpaired) electrons. The van der Waals surface area contributed by atoms with E-state index in [1.54, 1.807) is 25.3 Å². The SMILES string of the molecule is COC1(CNS(=O)(=O)c2ccc(CN)cc2Br)CCOC1. The largest absolute Gasteiger partial charge is 0.378 e. The zero-order valence-corrected chi connectivity index (χ0v) is 14.2. The van der Waals surface area contributed by atoms with E-state index in [1.807, 2.05) is 0 Å². The van der Waals surface area contributed by atoms with Crippen molar-refractivity contribution in [1.29, 1.82) is 0 Å². The third kappa shape index (κ3) is 3.82. The molecule has 1 saturated heterocycles. The summed E-state index contributed by atoms with van der Waals surface area (Å²) in [6.07, 6.45) is 0.666. The molecule has 0 aromatic heterocycles. The van der Waals surface area contributed by atoms with Crippen LogP contribution in [0, 0.1) is 0 Å². The summed E-state index contributed by atoms with van der Waals surface area (Å²) in [6, 6.07) is 4.95. The second-order valence-corrected chi connectivity index (χ2v) is 7.57. The fourth-order valence-electron chi connectivity index (χ4n) is 2.15. The molecular formula is C13H19BrN2O4S. The number of ether oxygens (including phenoxy) is 2. The lowest BCUT2D eigenvalue weighted by molar-refractivity contribution is -0.0120. The van der Waals surface area contributed by atoms with Gasteiger partial charge in [0.1, 0.15) is 5.60 Å². The molecular weight excluding hydrogens is 360 g/mol. The van der Waals surface area contributed by atoms with Crippen LogP contribution in [0.5, 0.6) is 0 Å². The number of hydrogen-bond donors (Lipinski definition) is 2. The van der Waals surface area contributed by atoms with Crippen LogP contribution in [-0.4, -0.2) is 40.9 Å². The lowest BCUT2D eigenvalue weighted by Crippen LogP contribution is -2.45. The van der Waals surface area contributed by atoms with Crippen molar-refractivity contribution < 1.29 is 17.9 Å². The van der Waals surface area contributed by atoms with E-state index in [0.29, 0.717) is 30.7 Å². The maximum atomic E-state index is 12.4. The molecule has 1 aliphatic rings. The maximum Gasteiger partial charge on any atom is 0.241 e. The second-order valence-electron chi connectivity index (χ2n) is 4.98. The number of halogens is 1. The molecule has 1 aliphatic heterocycles. The molecule has 1 aromatic carbocycles. The van der Waals surface area contributed by atoms with E-state index in [9.17, 15) is 8.42 Å². The van der Waals surface area contributed by atoms with Crippen molar-refractivity contribution in [2.24, 2.45) is 5.73 Å². The number of rotatable bonds is 6. The summed E-state index contributed by atoms with van der Waals surface area (Å²) in [7, 11) is -2.06. The average Bonchev–Trinajstić information content (AvgIpc) is 2.94. The quantitative estimate of drug-likeness (QED) is 0.770. The number of nitrogens with two attached hydrogens (primary N) is 1. The molecule has 1 unspecified atom stereocenters. The van der Waals surface area contributed by atoms with Crippen LogP contribution in [0.1, 0.15) is 12.0 Å². The molecule has 1 aromatic rings. The molecule has 118 valence electrons. The standard InChI is InChI=1S/C13H19BrN2O4S/c1-19-13(4-5-20-9-13)8-16-21(17,18)12-3-2-10(7-15)6-11(12)14/h2-3,6,16H,4-5,7-9,15H2,1H3. The summed E-state index contributed by atoms with van der Waals surface area (Å²) in [5.41, 5.74) is 5.81. The monoisotopic (exact) mass is 378 g/mol. The zero-order valence-electron chi connectivity index (χ0n) is 11.8. The first kappa shape index (κ1) is 16.9. The molecule has 2 rings (SSSR count). The van der Waals surface area contributed by atoms with Crippen molar-refractivity contribution in [3.8, 4) is 0 Å². The number of nitrogens with one attached hydrogen (secondary N) is 1. The summed E-state index contributed by atoms with van der Waals surface area (Å²) in [6.45, 7) is 1.50. The van der Waals surface area contributed by atoms with Crippen LogP contribution in [0.15, 0.2) is 27.6 Å². The Morgan fingerprint density at radius 1 is 1.52 bits per heavy atom. The van der Waals surface area contributed by atoms with Crippen LogP contribution in [0.3, 0.4) is 0 Å². The van der Waals surface area contributed by atoms with E-state index in [1.165, 1.54) is 0 Å². The summed E-state index contributed by atoms with van der Waals surface area (Å²) in [5.74, 6) is 0. The first-order chi connectivity index (χ1) is 9.92. The van der Waals surface area contributed by atoms with Gasteiger partial charge in [-0.05, 0) is 33.6 Å². The van der Waals surface area contributed by atoms with Gasteiger partial charge in [0, 0.05) is 37.7 Å².